The van der Waals surface area contributed by atoms with Crippen LogP contribution in [0.5, 0.6) is 0 Å². The first-order chi connectivity index (χ1) is 14.3. The van der Waals surface area contributed by atoms with Crippen LogP contribution in [0.25, 0.3) is 0 Å². The average molecular weight is 409 g/mol. The van der Waals surface area contributed by atoms with Crippen molar-refractivity contribution in [2.45, 2.75) is 33.1 Å². The third-order valence-corrected chi connectivity index (χ3v) is 5.79. The maximum absolute atomic E-state index is 13.9. The summed E-state index contributed by atoms with van der Waals surface area (Å²) in [4.78, 5) is 40.3. The van der Waals surface area contributed by atoms with Crippen molar-refractivity contribution in [2.24, 2.45) is 5.92 Å². The zero-order valence-electron chi connectivity index (χ0n) is 17.1. The van der Waals surface area contributed by atoms with E-state index in [2.05, 4.69) is 5.32 Å². The zero-order chi connectivity index (χ0) is 21.4. The minimum absolute atomic E-state index is 0.0840. The van der Waals surface area contributed by atoms with Crippen molar-refractivity contribution in [3.8, 4) is 0 Å². The van der Waals surface area contributed by atoms with E-state index in [4.69, 9.17) is 0 Å². The number of aryl methyl sites for hydroxylation is 2. The molecule has 2 aromatic carbocycles. The van der Waals surface area contributed by atoms with Gasteiger partial charge in [-0.15, -0.1) is 0 Å². The molecule has 7 heteroatoms. The normalized spacial score (nSPS) is 19.0. The summed E-state index contributed by atoms with van der Waals surface area (Å²) in [6, 6.07) is 10.1. The summed E-state index contributed by atoms with van der Waals surface area (Å²) in [5.74, 6) is -1.21. The van der Waals surface area contributed by atoms with Gasteiger partial charge >= 0.3 is 0 Å². The smallest absolute Gasteiger partial charge is 0.229 e. The van der Waals surface area contributed by atoms with Gasteiger partial charge in [0.25, 0.3) is 0 Å². The molecule has 2 fully saturated rings. The third-order valence-electron chi connectivity index (χ3n) is 5.79. The van der Waals surface area contributed by atoms with Gasteiger partial charge in [-0.25, -0.2) is 4.39 Å². The molecule has 2 aliphatic heterocycles. The minimum Gasteiger partial charge on any atom is -0.326 e. The number of benzene rings is 2. The molecule has 0 spiro atoms. The molecule has 30 heavy (non-hydrogen) atoms. The van der Waals surface area contributed by atoms with E-state index < -0.39 is 5.92 Å². The molecule has 2 aliphatic rings. The number of nitrogens with one attached hydrogen (secondary N) is 1. The molecular formula is C23H24FN3O3. The number of hydrogen-bond acceptors (Lipinski definition) is 3. The van der Waals surface area contributed by atoms with E-state index in [1.165, 1.54) is 11.0 Å². The van der Waals surface area contributed by atoms with E-state index in [-0.39, 0.29) is 36.5 Å². The van der Waals surface area contributed by atoms with Crippen molar-refractivity contribution < 1.29 is 18.8 Å². The molecule has 0 saturated carbocycles. The number of amides is 3. The SMILES string of the molecule is Cc1ccc(N2CC(C(=O)Nc3ccc(N4CCCC4=O)c(C)c3)CC2=O)cc1F. The van der Waals surface area contributed by atoms with Crippen molar-refractivity contribution in [1.82, 2.24) is 0 Å². The van der Waals surface area contributed by atoms with Crippen molar-refractivity contribution in [3.05, 3.63) is 53.3 Å². The standard InChI is InChI=1S/C23H24FN3O3/c1-14-5-7-18(12-19(14)24)27-13-16(11-22(27)29)23(30)25-17-6-8-20(15(2)10-17)26-9-3-4-21(26)28/h5-8,10,12,16H,3-4,9,11,13H2,1-2H3,(H,25,30). The Morgan fingerprint density at radius 3 is 2.50 bits per heavy atom. The Morgan fingerprint density at radius 2 is 1.83 bits per heavy atom. The van der Waals surface area contributed by atoms with Gasteiger partial charge in [0.05, 0.1) is 5.92 Å². The highest BCUT2D eigenvalue weighted by Crippen LogP contribution is 2.30. The molecule has 0 aromatic heterocycles. The molecular weight excluding hydrogens is 385 g/mol. The predicted octanol–water partition coefficient (Wildman–Crippen LogP) is 3.56. The lowest BCUT2D eigenvalue weighted by molar-refractivity contribution is -0.122. The highest BCUT2D eigenvalue weighted by Gasteiger charge is 2.35. The highest BCUT2D eigenvalue weighted by atomic mass is 19.1. The van der Waals surface area contributed by atoms with Gasteiger partial charge in [0.1, 0.15) is 5.82 Å². The number of anilines is 3. The van der Waals surface area contributed by atoms with Crippen LogP contribution in [-0.4, -0.2) is 30.8 Å². The van der Waals surface area contributed by atoms with Crippen LogP contribution in [0.1, 0.15) is 30.4 Å². The molecule has 1 unspecified atom stereocenters. The van der Waals surface area contributed by atoms with Crippen LogP contribution >= 0.6 is 0 Å². The van der Waals surface area contributed by atoms with Crippen molar-refractivity contribution in [2.75, 3.05) is 28.2 Å². The molecule has 2 heterocycles. The van der Waals surface area contributed by atoms with Gasteiger partial charge in [-0.3, -0.25) is 14.4 Å². The highest BCUT2D eigenvalue weighted by molar-refractivity contribution is 6.03. The lowest BCUT2D eigenvalue weighted by Crippen LogP contribution is -2.28. The zero-order valence-corrected chi connectivity index (χ0v) is 17.1. The van der Waals surface area contributed by atoms with Gasteiger partial charge in [-0.2, -0.15) is 0 Å². The maximum atomic E-state index is 13.9. The first kappa shape index (κ1) is 20.1. The van der Waals surface area contributed by atoms with E-state index >= 15 is 0 Å². The molecule has 0 aliphatic carbocycles. The number of carbonyl (C=O) groups is 3. The summed E-state index contributed by atoms with van der Waals surface area (Å²) in [6.07, 6.45) is 1.50. The van der Waals surface area contributed by atoms with E-state index in [1.807, 2.05) is 19.1 Å². The summed E-state index contributed by atoms with van der Waals surface area (Å²) < 4.78 is 13.9. The summed E-state index contributed by atoms with van der Waals surface area (Å²) in [5.41, 5.74) is 3.37. The van der Waals surface area contributed by atoms with Gasteiger partial charge in [0.2, 0.25) is 17.7 Å². The van der Waals surface area contributed by atoms with Gasteiger partial charge < -0.3 is 15.1 Å². The van der Waals surface area contributed by atoms with Crippen LogP contribution in [-0.2, 0) is 14.4 Å². The quantitative estimate of drug-likeness (QED) is 0.840. The average Bonchev–Trinajstić information content (AvgIpc) is 3.30. The second kappa shape index (κ2) is 7.89. The fourth-order valence-corrected chi connectivity index (χ4v) is 4.07. The van der Waals surface area contributed by atoms with Crippen LogP contribution in [0.15, 0.2) is 36.4 Å². The molecule has 0 radical (unpaired) electrons. The minimum atomic E-state index is -0.512. The number of rotatable bonds is 4. The van der Waals surface area contributed by atoms with E-state index in [9.17, 15) is 18.8 Å². The molecule has 2 aromatic rings. The molecule has 156 valence electrons. The molecule has 1 N–H and O–H groups in total. The Morgan fingerprint density at radius 1 is 1.03 bits per heavy atom. The van der Waals surface area contributed by atoms with Gasteiger partial charge in [0, 0.05) is 43.0 Å². The van der Waals surface area contributed by atoms with Crippen molar-refractivity contribution >= 4 is 34.8 Å². The molecule has 2 saturated heterocycles. The lowest BCUT2D eigenvalue weighted by atomic mass is 10.1. The number of carbonyl (C=O) groups excluding carboxylic acids is 3. The fourth-order valence-electron chi connectivity index (χ4n) is 4.07. The molecule has 0 bridgehead atoms. The predicted molar refractivity (Wildman–Crippen MR) is 113 cm³/mol. The van der Waals surface area contributed by atoms with E-state index in [1.54, 1.807) is 30.0 Å². The van der Waals surface area contributed by atoms with Crippen LogP contribution in [0.4, 0.5) is 21.5 Å². The summed E-state index contributed by atoms with van der Waals surface area (Å²) in [5, 5.41) is 2.87. The number of hydrogen-bond donors (Lipinski definition) is 1. The van der Waals surface area contributed by atoms with Crippen molar-refractivity contribution in [3.63, 3.8) is 0 Å². The van der Waals surface area contributed by atoms with Crippen LogP contribution in [0.3, 0.4) is 0 Å². The summed E-state index contributed by atoms with van der Waals surface area (Å²) in [7, 11) is 0. The van der Waals surface area contributed by atoms with Crippen molar-refractivity contribution in [1.29, 1.82) is 0 Å². The summed E-state index contributed by atoms with van der Waals surface area (Å²) in [6.45, 7) is 4.49. The molecule has 1 atom stereocenters. The Bertz CT molecular complexity index is 1040. The third kappa shape index (κ3) is 3.79. The van der Waals surface area contributed by atoms with Crippen LogP contribution < -0.4 is 15.1 Å². The fraction of sp³-hybridized carbons (Fsp3) is 0.348. The Kier molecular flexibility index (Phi) is 5.28. The molecule has 6 nitrogen and oxygen atoms in total. The van der Waals surface area contributed by atoms with Gasteiger partial charge in [0.15, 0.2) is 0 Å². The number of halogens is 1. The molecule has 4 rings (SSSR count). The van der Waals surface area contributed by atoms with Gasteiger partial charge in [-0.1, -0.05) is 6.07 Å². The first-order valence-electron chi connectivity index (χ1n) is 10.1. The van der Waals surface area contributed by atoms with E-state index in [0.717, 1.165) is 17.7 Å². The summed E-state index contributed by atoms with van der Waals surface area (Å²) >= 11 is 0. The van der Waals surface area contributed by atoms with Gasteiger partial charge in [-0.05, 0) is 61.7 Å². The monoisotopic (exact) mass is 409 g/mol. The lowest BCUT2D eigenvalue weighted by Gasteiger charge is -2.20. The topological polar surface area (TPSA) is 69.7 Å². The Balaban J connectivity index is 1.44. The molecule has 3 amide bonds. The maximum Gasteiger partial charge on any atom is 0.229 e. The number of nitrogens with zero attached hydrogens (tertiary/aromatic N) is 2. The van der Waals surface area contributed by atoms with Crippen LogP contribution in [0.2, 0.25) is 0 Å². The van der Waals surface area contributed by atoms with Crippen LogP contribution in [0, 0.1) is 25.6 Å². The Hall–Kier alpha value is -3.22. The Labute approximate surface area is 174 Å². The first-order valence-corrected chi connectivity index (χ1v) is 10.1. The van der Waals surface area contributed by atoms with E-state index in [0.29, 0.717) is 29.9 Å². The second-order valence-corrected chi connectivity index (χ2v) is 7.98. The largest absolute Gasteiger partial charge is 0.326 e. The second-order valence-electron chi connectivity index (χ2n) is 7.98.